The van der Waals surface area contributed by atoms with Gasteiger partial charge in [-0.1, -0.05) is 6.92 Å². The molecule has 0 aliphatic carbocycles. The standard InChI is InChI=1S/C13H23NO4/c1-5-14-8-6-13(7-9-14,10(15)16)11(17)18-12(2,3)4/h5-9H2,1-4H3,(H,15,16). The molecule has 1 rings (SSSR count). The van der Waals surface area contributed by atoms with Crippen molar-refractivity contribution >= 4 is 11.9 Å². The third kappa shape index (κ3) is 3.22. The first-order chi connectivity index (χ1) is 8.21. The van der Waals surface area contributed by atoms with Crippen LogP contribution in [0.1, 0.15) is 40.5 Å². The van der Waals surface area contributed by atoms with Crippen molar-refractivity contribution in [1.82, 2.24) is 4.90 Å². The molecule has 1 fully saturated rings. The zero-order chi connectivity index (χ0) is 14.0. The first-order valence-electron chi connectivity index (χ1n) is 6.40. The van der Waals surface area contributed by atoms with Gasteiger partial charge in [-0.05, 0) is 53.2 Å². The molecule has 0 bridgehead atoms. The zero-order valence-electron chi connectivity index (χ0n) is 11.7. The summed E-state index contributed by atoms with van der Waals surface area (Å²) in [6.45, 7) is 9.42. The Balaban J connectivity index is 2.83. The Morgan fingerprint density at radius 1 is 1.28 bits per heavy atom. The van der Waals surface area contributed by atoms with Crippen LogP contribution in [0.4, 0.5) is 0 Å². The molecular formula is C13H23NO4. The average Bonchev–Trinajstić information content (AvgIpc) is 2.26. The Bertz CT molecular complexity index is 324. The molecule has 1 heterocycles. The van der Waals surface area contributed by atoms with Crippen LogP contribution in [0.3, 0.4) is 0 Å². The minimum absolute atomic E-state index is 0.324. The average molecular weight is 257 g/mol. The highest BCUT2D eigenvalue weighted by Gasteiger charge is 2.50. The maximum atomic E-state index is 12.2. The summed E-state index contributed by atoms with van der Waals surface area (Å²) in [5, 5.41) is 9.40. The Kier molecular flexibility index (Phi) is 4.37. The fraction of sp³-hybridized carbons (Fsp3) is 0.846. The Morgan fingerprint density at radius 3 is 2.11 bits per heavy atom. The normalized spacial score (nSPS) is 20.4. The number of piperidine rings is 1. The maximum absolute atomic E-state index is 12.2. The zero-order valence-corrected chi connectivity index (χ0v) is 11.7. The van der Waals surface area contributed by atoms with E-state index in [4.69, 9.17) is 4.74 Å². The Morgan fingerprint density at radius 2 is 1.78 bits per heavy atom. The number of hydrogen-bond donors (Lipinski definition) is 1. The van der Waals surface area contributed by atoms with E-state index < -0.39 is 23.0 Å². The van der Waals surface area contributed by atoms with E-state index >= 15 is 0 Å². The fourth-order valence-electron chi connectivity index (χ4n) is 2.13. The monoisotopic (exact) mass is 257 g/mol. The molecule has 1 saturated heterocycles. The number of carbonyl (C=O) groups is 2. The molecule has 0 atom stereocenters. The van der Waals surface area contributed by atoms with Gasteiger partial charge in [0.05, 0.1) is 0 Å². The van der Waals surface area contributed by atoms with E-state index in [0.29, 0.717) is 25.9 Å². The van der Waals surface area contributed by atoms with Gasteiger partial charge in [0.15, 0.2) is 5.41 Å². The molecule has 0 spiro atoms. The van der Waals surface area contributed by atoms with Crippen LogP contribution in [0, 0.1) is 5.41 Å². The third-order valence-electron chi connectivity index (χ3n) is 3.36. The quantitative estimate of drug-likeness (QED) is 0.613. The van der Waals surface area contributed by atoms with Crippen molar-refractivity contribution in [3.05, 3.63) is 0 Å². The number of carboxylic acids is 1. The van der Waals surface area contributed by atoms with Crippen molar-refractivity contribution in [3.8, 4) is 0 Å². The lowest BCUT2D eigenvalue weighted by Gasteiger charge is -2.38. The summed E-state index contributed by atoms with van der Waals surface area (Å²) in [6, 6.07) is 0. The third-order valence-corrected chi connectivity index (χ3v) is 3.36. The van der Waals surface area contributed by atoms with Crippen molar-refractivity contribution in [2.45, 2.75) is 46.1 Å². The van der Waals surface area contributed by atoms with Gasteiger partial charge >= 0.3 is 11.9 Å². The van der Waals surface area contributed by atoms with Crippen LogP contribution in [-0.2, 0) is 14.3 Å². The van der Waals surface area contributed by atoms with E-state index in [1.165, 1.54) is 0 Å². The molecule has 0 aromatic heterocycles. The van der Waals surface area contributed by atoms with E-state index in [0.717, 1.165) is 6.54 Å². The van der Waals surface area contributed by atoms with Crippen LogP contribution in [-0.4, -0.2) is 47.2 Å². The van der Waals surface area contributed by atoms with Crippen molar-refractivity contribution in [1.29, 1.82) is 0 Å². The van der Waals surface area contributed by atoms with Crippen molar-refractivity contribution in [2.75, 3.05) is 19.6 Å². The van der Waals surface area contributed by atoms with E-state index in [-0.39, 0.29) is 0 Å². The fourth-order valence-corrected chi connectivity index (χ4v) is 2.13. The molecule has 0 radical (unpaired) electrons. The van der Waals surface area contributed by atoms with Crippen molar-refractivity contribution < 1.29 is 19.4 Å². The van der Waals surface area contributed by atoms with Crippen LogP contribution in [0.15, 0.2) is 0 Å². The number of rotatable bonds is 3. The Hall–Kier alpha value is -1.10. The molecule has 1 aliphatic rings. The molecule has 0 amide bonds. The van der Waals surface area contributed by atoms with E-state index in [1.54, 1.807) is 20.8 Å². The van der Waals surface area contributed by atoms with Crippen LogP contribution in [0.5, 0.6) is 0 Å². The van der Waals surface area contributed by atoms with E-state index in [1.807, 2.05) is 6.92 Å². The summed E-state index contributed by atoms with van der Waals surface area (Å²) in [5.41, 5.74) is -2.01. The van der Waals surface area contributed by atoms with Crippen molar-refractivity contribution in [3.63, 3.8) is 0 Å². The first-order valence-corrected chi connectivity index (χ1v) is 6.40. The van der Waals surface area contributed by atoms with Gasteiger partial charge in [0, 0.05) is 0 Å². The first kappa shape index (κ1) is 15.0. The van der Waals surface area contributed by atoms with Gasteiger partial charge in [0.2, 0.25) is 0 Å². The summed E-state index contributed by atoms with van der Waals surface area (Å²) in [4.78, 5) is 25.8. The van der Waals surface area contributed by atoms with Crippen molar-refractivity contribution in [2.24, 2.45) is 5.41 Å². The van der Waals surface area contributed by atoms with Crippen LogP contribution < -0.4 is 0 Å². The SMILES string of the molecule is CCN1CCC(C(=O)O)(C(=O)OC(C)(C)C)CC1. The molecule has 1 aliphatic heterocycles. The largest absolute Gasteiger partial charge is 0.480 e. The van der Waals surface area contributed by atoms with Crippen LogP contribution in [0.2, 0.25) is 0 Å². The number of carboxylic acid groups (broad SMARTS) is 1. The van der Waals surface area contributed by atoms with E-state index in [9.17, 15) is 14.7 Å². The predicted molar refractivity (Wildman–Crippen MR) is 67.3 cm³/mol. The van der Waals surface area contributed by atoms with Crippen LogP contribution in [0.25, 0.3) is 0 Å². The minimum Gasteiger partial charge on any atom is -0.480 e. The lowest BCUT2D eigenvalue weighted by molar-refractivity contribution is -0.180. The highest BCUT2D eigenvalue weighted by Crippen LogP contribution is 2.34. The number of aliphatic carboxylic acids is 1. The molecule has 0 saturated carbocycles. The Labute approximate surface area is 108 Å². The van der Waals surface area contributed by atoms with E-state index in [2.05, 4.69) is 4.90 Å². The van der Waals surface area contributed by atoms with Gasteiger partial charge in [-0.2, -0.15) is 0 Å². The summed E-state index contributed by atoms with van der Waals surface area (Å²) in [7, 11) is 0. The second-order valence-corrected chi connectivity index (χ2v) is 5.82. The smallest absolute Gasteiger partial charge is 0.324 e. The molecule has 0 aromatic rings. The number of hydrogen-bond acceptors (Lipinski definition) is 4. The van der Waals surface area contributed by atoms with Gasteiger partial charge in [-0.15, -0.1) is 0 Å². The van der Waals surface area contributed by atoms with Gasteiger partial charge in [-0.25, -0.2) is 0 Å². The second-order valence-electron chi connectivity index (χ2n) is 5.82. The van der Waals surface area contributed by atoms with Gasteiger partial charge in [-0.3, -0.25) is 9.59 Å². The minimum atomic E-state index is -1.36. The predicted octanol–water partition coefficient (Wildman–Crippen LogP) is 1.51. The second kappa shape index (κ2) is 5.26. The molecule has 0 unspecified atom stereocenters. The summed E-state index contributed by atoms with van der Waals surface area (Å²) < 4.78 is 5.27. The highest BCUT2D eigenvalue weighted by atomic mass is 16.6. The summed E-state index contributed by atoms with van der Waals surface area (Å²) in [6.07, 6.45) is 0.649. The number of ether oxygens (including phenoxy) is 1. The maximum Gasteiger partial charge on any atom is 0.324 e. The number of carbonyl (C=O) groups excluding carboxylic acids is 1. The number of esters is 1. The van der Waals surface area contributed by atoms with Gasteiger partial charge in [0.25, 0.3) is 0 Å². The lowest BCUT2D eigenvalue weighted by atomic mass is 9.78. The molecule has 0 aromatic carbocycles. The summed E-state index contributed by atoms with van der Waals surface area (Å²) in [5.74, 6) is -1.66. The lowest BCUT2D eigenvalue weighted by Crippen LogP contribution is -2.51. The van der Waals surface area contributed by atoms with Crippen LogP contribution >= 0.6 is 0 Å². The molecule has 104 valence electrons. The topological polar surface area (TPSA) is 66.8 Å². The molecule has 5 heteroatoms. The molecule has 1 N–H and O–H groups in total. The number of nitrogens with zero attached hydrogens (tertiary/aromatic N) is 1. The molecule has 18 heavy (non-hydrogen) atoms. The van der Waals surface area contributed by atoms with Gasteiger partial charge < -0.3 is 14.7 Å². The molecule has 5 nitrogen and oxygen atoms in total. The highest BCUT2D eigenvalue weighted by molar-refractivity contribution is 5.99. The number of likely N-dealkylation sites (tertiary alicyclic amines) is 1. The summed E-state index contributed by atoms with van der Waals surface area (Å²) >= 11 is 0. The van der Waals surface area contributed by atoms with Gasteiger partial charge in [0.1, 0.15) is 5.60 Å². The molecular weight excluding hydrogens is 234 g/mol.